The first-order valence-corrected chi connectivity index (χ1v) is 9.72. The van der Waals surface area contributed by atoms with Crippen molar-refractivity contribution in [1.82, 2.24) is 0 Å². The molecule has 2 aromatic carbocycles. The molecule has 3 aromatic rings. The third-order valence-corrected chi connectivity index (χ3v) is 5.83. The fraction of sp³-hybridized carbons (Fsp3) is 0.182. The normalized spacial score (nSPS) is 18.6. The Morgan fingerprint density at radius 2 is 1.74 bits per heavy atom. The van der Waals surface area contributed by atoms with E-state index in [0.29, 0.717) is 29.1 Å². The molecule has 1 aliphatic heterocycles. The van der Waals surface area contributed by atoms with Gasteiger partial charge in [-0.25, -0.2) is 0 Å². The van der Waals surface area contributed by atoms with Crippen LogP contribution in [0.3, 0.4) is 0 Å². The fourth-order valence-corrected chi connectivity index (χ4v) is 4.21. The van der Waals surface area contributed by atoms with E-state index in [2.05, 4.69) is 0 Å². The summed E-state index contributed by atoms with van der Waals surface area (Å²) in [5.41, 5.74) is 0.495. The number of carbonyl (C=O) groups is 2. The number of rotatable bonds is 6. The number of benzene rings is 2. The van der Waals surface area contributed by atoms with Gasteiger partial charge in [0.05, 0.1) is 17.0 Å². The molecule has 0 aliphatic carbocycles. The lowest BCUT2D eigenvalue weighted by molar-refractivity contribution is -0.135. The quantitative estimate of drug-likeness (QED) is 0.665. The minimum Gasteiger partial charge on any atom is -0.375 e. The first-order chi connectivity index (χ1) is 13.1. The molecule has 1 aliphatic rings. The highest BCUT2D eigenvalue weighted by Gasteiger charge is 2.50. The van der Waals surface area contributed by atoms with Gasteiger partial charge in [0.1, 0.15) is 0 Å². The summed E-state index contributed by atoms with van der Waals surface area (Å²) in [5.74, 6) is -0.648. The van der Waals surface area contributed by atoms with Crippen LogP contribution in [0.5, 0.6) is 0 Å². The number of amides is 1. The van der Waals surface area contributed by atoms with Crippen LogP contribution < -0.4 is 4.90 Å². The number of hydrogen-bond acceptors (Lipinski definition) is 4. The van der Waals surface area contributed by atoms with Gasteiger partial charge in [-0.3, -0.25) is 9.59 Å². The van der Waals surface area contributed by atoms with Gasteiger partial charge in [0.25, 0.3) is 5.91 Å². The first kappa shape index (κ1) is 17.6. The van der Waals surface area contributed by atoms with Crippen molar-refractivity contribution in [2.75, 3.05) is 11.4 Å². The van der Waals surface area contributed by atoms with Gasteiger partial charge in [-0.05, 0) is 29.5 Å². The predicted octanol–water partition coefficient (Wildman–Crippen LogP) is 3.80. The van der Waals surface area contributed by atoms with Gasteiger partial charge in [0.2, 0.25) is 0 Å². The molecular formula is C22H19NO3S. The zero-order chi connectivity index (χ0) is 18.9. The highest BCUT2D eigenvalue weighted by molar-refractivity contribution is 7.12. The van der Waals surface area contributed by atoms with Crippen LogP contribution in [0.1, 0.15) is 27.2 Å². The third kappa shape index (κ3) is 3.20. The molecule has 0 radical (unpaired) electrons. The third-order valence-electron chi connectivity index (χ3n) is 4.92. The van der Waals surface area contributed by atoms with Crippen LogP contribution in [-0.2, 0) is 16.8 Å². The van der Waals surface area contributed by atoms with Crippen LogP contribution in [0.2, 0.25) is 0 Å². The number of Topliss-reactive ketones (excluding diaryl/α,β-unsaturated/α-hetero) is 1. The second-order valence-corrected chi connectivity index (χ2v) is 7.59. The Morgan fingerprint density at radius 3 is 2.48 bits per heavy atom. The van der Waals surface area contributed by atoms with E-state index in [-0.39, 0.29) is 12.2 Å². The largest absolute Gasteiger partial charge is 0.375 e. The number of ketones is 1. The minimum absolute atomic E-state index is 0.222. The Hall–Kier alpha value is -2.76. The van der Waals surface area contributed by atoms with E-state index in [9.17, 15) is 14.7 Å². The van der Waals surface area contributed by atoms with Gasteiger partial charge in [-0.1, -0.05) is 54.6 Å². The summed E-state index contributed by atoms with van der Waals surface area (Å²) < 4.78 is 0. The van der Waals surface area contributed by atoms with Gasteiger partial charge < -0.3 is 10.0 Å². The summed E-state index contributed by atoms with van der Waals surface area (Å²) in [6.45, 7) is 0.454. The monoisotopic (exact) mass is 377 g/mol. The molecule has 1 N–H and O–H groups in total. The van der Waals surface area contributed by atoms with E-state index in [1.165, 1.54) is 11.3 Å². The molecule has 0 fully saturated rings. The molecule has 0 saturated heterocycles. The van der Waals surface area contributed by atoms with Crippen LogP contribution in [0, 0.1) is 0 Å². The molecule has 2 heterocycles. The smallest absolute Gasteiger partial charge is 0.264 e. The van der Waals surface area contributed by atoms with Gasteiger partial charge >= 0.3 is 0 Å². The fourth-order valence-electron chi connectivity index (χ4n) is 3.54. The number of aliphatic hydroxyl groups is 1. The van der Waals surface area contributed by atoms with Gasteiger partial charge in [0, 0.05) is 12.1 Å². The number of hydrogen-bond donors (Lipinski definition) is 1. The molecule has 0 spiro atoms. The summed E-state index contributed by atoms with van der Waals surface area (Å²) in [6, 6.07) is 20.6. The lowest BCUT2D eigenvalue weighted by Gasteiger charge is -2.22. The molecule has 0 bridgehead atoms. The van der Waals surface area contributed by atoms with Crippen molar-refractivity contribution in [2.24, 2.45) is 0 Å². The lowest BCUT2D eigenvalue weighted by atomic mass is 9.89. The second kappa shape index (κ2) is 7.10. The standard InChI is InChI=1S/C22H19NO3S/c24-19(20-11-6-14-27-20)15-22(26)17-9-4-5-10-18(17)23(21(22)25)13-12-16-7-2-1-3-8-16/h1-11,14,26H,12-13,15H2. The molecule has 4 rings (SSSR count). The molecule has 1 aromatic heterocycles. The van der Waals surface area contributed by atoms with Crippen LogP contribution in [-0.4, -0.2) is 23.3 Å². The zero-order valence-corrected chi connectivity index (χ0v) is 15.5. The predicted molar refractivity (Wildman–Crippen MR) is 106 cm³/mol. The van der Waals surface area contributed by atoms with Crippen molar-refractivity contribution in [1.29, 1.82) is 0 Å². The van der Waals surface area contributed by atoms with Crippen molar-refractivity contribution in [3.8, 4) is 0 Å². The summed E-state index contributed by atoms with van der Waals surface area (Å²) in [6.07, 6.45) is 0.432. The van der Waals surface area contributed by atoms with Crippen LogP contribution in [0.4, 0.5) is 5.69 Å². The first-order valence-electron chi connectivity index (χ1n) is 8.84. The molecule has 1 atom stereocenters. The molecule has 1 unspecified atom stereocenters. The molecule has 1 amide bonds. The van der Waals surface area contributed by atoms with Gasteiger partial charge in [-0.2, -0.15) is 0 Å². The van der Waals surface area contributed by atoms with E-state index < -0.39 is 11.5 Å². The Morgan fingerprint density at radius 1 is 1.00 bits per heavy atom. The van der Waals surface area contributed by atoms with Gasteiger partial charge in [-0.15, -0.1) is 11.3 Å². The Kier molecular flexibility index (Phi) is 4.64. The van der Waals surface area contributed by atoms with Crippen molar-refractivity contribution >= 4 is 28.7 Å². The van der Waals surface area contributed by atoms with Gasteiger partial charge in [0.15, 0.2) is 11.4 Å². The highest BCUT2D eigenvalue weighted by atomic mass is 32.1. The molecule has 0 saturated carbocycles. The lowest BCUT2D eigenvalue weighted by Crippen LogP contribution is -2.42. The van der Waals surface area contributed by atoms with Crippen molar-refractivity contribution < 1.29 is 14.7 Å². The SMILES string of the molecule is O=C(CC1(O)C(=O)N(CCc2ccccc2)c2ccccc21)c1cccs1. The van der Waals surface area contributed by atoms with E-state index in [4.69, 9.17) is 0 Å². The number of carbonyl (C=O) groups excluding carboxylic acids is 2. The number of thiophene rings is 1. The molecule has 4 nitrogen and oxygen atoms in total. The average Bonchev–Trinajstić information content (AvgIpc) is 3.29. The number of fused-ring (bicyclic) bond motifs is 1. The van der Waals surface area contributed by atoms with E-state index in [1.807, 2.05) is 47.8 Å². The van der Waals surface area contributed by atoms with E-state index >= 15 is 0 Å². The minimum atomic E-state index is -1.81. The van der Waals surface area contributed by atoms with E-state index in [1.54, 1.807) is 29.2 Å². The Balaban J connectivity index is 1.62. The Bertz CT molecular complexity index is 968. The van der Waals surface area contributed by atoms with Crippen LogP contribution >= 0.6 is 11.3 Å². The van der Waals surface area contributed by atoms with Crippen molar-refractivity contribution in [3.05, 3.63) is 88.1 Å². The van der Waals surface area contributed by atoms with E-state index in [0.717, 1.165) is 5.56 Å². The van der Waals surface area contributed by atoms with Crippen LogP contribution in [0.25, 0.3) is 0 Å². The summed E-state index contributed by atoms with van der Waals surface area (Å²) in [4.78, 5) is 27.9. The average molecular weight is 377 g/mol. The van der Waals surface area contributed by atoms with Crippen molar-refractivity contribution in [3.63, 3.8) is 0 Å². The summed E-state index contributed by atoms with van der Waals surface area (Å²) in [5, 5.41) is 13.1. The molecule has 136 valence electrons. The molecule has 27 heavy (non-hydrogen) atoms. The number of anilines is 1. The second-order valence-electron chi connectivity index (χ2n) is 6.65. The number of nitrogens with zero attached hydrogens (tertiary/aromatic N) is 1. The zero-order valence-electron chi connectivity index (χ0n) is 14.7. The maximum absolute atomic E-state index is 13.1. The topological polar surface area (TPSA) is 57.6 Å². The summed E-state index contributed by atoms with van der Waals surface area (Å²) in [7, 11) is 0. The molecule has 5 heteroatoms. The highest BCUT2D eigenvalue weighted by Crippen LogP contribution is 2.43. The Labute approximate surface area is 161 Å². The number of para-hydroxylation sites is 1. The summed E-state index contributed by atoms with van der Waals surface area (Å²) >= 11 is 1.32. The maximum atomic E-state index is 13.1. The maximum Gasteiger partial charge on any atom is 0.264 e. The van der Waals surface area contributed by atoms with Crippen molar-refractivity contribution in [2.45, 2.75) is 18.4 Å². The molecular weight excluding hydrogens is 358 g/mol. The van der Waals surface area contributed by atoms with Crippen LogP contribution in [0.15, 0.2) is 72.1 Å².